The molecule has 0 rings (SSSR count). The fraction of sp³-hybridized carbons (Fsp3) is 0.923. The van der Waals surface area contributed by atoms with E-state index >= 15 is 0 Å². The summed E-state index contributed by atoms with van der Waals surface area (Å²) in [5.74, 6) is -0.0333. The maximum absolute atomic E-state index is 11.3. The Morgan fingerprint density at radius 1 is 1.20 bits per heavy atom. The molecule has 0 heterocycles. The Labute approximate surface area is 121 Å². The highest BCUT2D eigenvalue weighted by atomic mass is 16.5. The molecule has 0 aromatic heterocycles. The molecule has 2 atom stereocenters. The number of ether oxygens (including phenoxy) is 3. The zero-order valence-electron chi connectivity index (χ0n) is 12.7. The van der Waals surface area contributed by atoms with E-state index in [4.69, 9.17) is 14.2 Å². The van der Waals surface area contributed by atoms with Gasteiger partial charge in [-0.05, 0) is 6.92 Å². The molecule has 120 valence electrons. The summed E-state index contributed by atoms with van der Waals surface area (Å²) in [6, 6.07) is 0. The number of hydrogen-bond donors (Lipinski definition) is 3. The fourth-order valence-electron chi connectivity index (χ4n) is 1.47. The molecule has 0 fully saturated rings. The van der Waals surface area contributed by atoms with Gasteiger partial charge in [-0.3, -0.25) is 4.79 Å². The summed E-state index contributed by atoms with van der Waals surface area (Å²) in [4.78, 5) is 11.3. The third-order valence-corrected chi connectivity index (χ3v) is 2.51. The van der Waals surface area contributed by atoms with E-state index in [0.717, 1.165) is 0 Å². The van der Waals surface area contributed by atoms with Gasteiger partial charge in [0.2, 0.25) is 5.91 Å². The predicted octanol–water partition coefficient (Wildman–Crippen LogP) is -0.859. The molecule has 0 aliphatic rings. The molecule has 0 saturated heterocycles. The molecule has 2 unspecified atom stereocenters. The molecule has 20 heavy (non-hydrogen) atoms. The Hall–Kier alpha value is -0.730. The summed E-state index contributed by atoms with van der Waals surface area (Å²) in [6.45, 7) is 4.57. The van der Waals surface area contributed by atoms with E-state index in [1.807, 2.05) is 6.92 Å². The Kier molecular flexibility index (Phi) is 12.8. The highest BCUT2D eigenvalue weighted by molar-refractivity contribution is 5.75. The second-order valence-corrected chi connectivity index (χ2v) is 4.55. The van der Waals surface area contributed by atoms with Gasteiger partial charge in [-0.1, -0.05) is 0 Å². The normalized spacial score (nSPS) is 14.0. The van der Waals surface area contributed by atoms with Crippen molar-refractivity contribution in [3.63, 3.8) is 0 Å². The monoisotopic (exact) mass is 292 g/mol. The van der Waals surface area contributed by atoms with Gasteiger partial charge in [0, 0.05) is 40.3 Å². The molecule has 0 aromatic rings. The Morgan fingerprint density at radius 3 is 2.60 bits per heavy atom. The molecular weight excluding hydrogens is 264 g/mol. The molecule has 0 aliphatic carbocycles. The zero-order chi connectivity index (χ0) is 15.2. The molecule has 1 amide bonds. The van der Waals surface area contributed by atoms with Crippen LogP contribution in [0, 0.1) is 0 Å². The average molecular weight is 292 g/mol. The van der Waals surface area contributed by atoms with E-state index in [1.54, 1.807) is 14.2 Å². The SMILES string of the molecule is COCCNC(=O)CCNCC(O)COC(C)COC. The van der Waals surface area contributed by atoms with Gasteiger partial charge in [-0.25, -0.2) is 0 Å². The van der Waals surface area contributed by atoms with Crippen LogP contribution < -0.4 is 10.6 Å². The van der Waals surface area contributed by atoms with Crippen LogP contribution in [0.4, 0.5) is 0 Å². The zero-order valence-corrected chi connectivity index (χ0v) is 12.7. The van der Waals surface area contributed by atoms with E-state index in [9.17, 15) is 9.90 Å². The molecule has 0 aliphatic heterocycles. The summed E-state index contributed by atoms with van der Waals surface area (Å²) >= 11 is 0. The van der Waals surface area contributed by atoms with Crippen LogP contribution in [-0.4, -0.2) is 76.9 Å². The number of carbonyl (C=O) groups is 1. The van der Waals surface area contributed by atoms with Crippen molar-refractivity contribution in [2.24, 2.45) is 0 Å². The Balaban J connectivity index is 3.42. The van der Waals surface area contributed by atoms with Gasteiger partial charge < -0.3 is 30.0 Å². The minimum atomic E-state index is -0.592. The number of amides is 1. The third-order valence-electron chi connectivity index (χ3n) is 2.51. The summed E-state index contributed by atoms with van der Waals surface area (Å²) in [5, 5.41) is 15.4. The van der Waals surface area contributed by atoms with Crippen LogP contribution in [0.1, 0.15) is 13.3 Å². The maximum Gasteiger partial charge on any atom is 0.221 e. The quantitative estimate of drug-likeness (QED) is 0.383. The lowest BCUT2D eigenvalue weighted by Crippen LogP contribution is -2.35. The van der Waals surface area contributed by atoms with Crippen LogP contribution in [-0.2, 0) is 19.0 Å². The van der Waals surface area contributed by atoms with Crippen molar-refractivity contribution in [2.75, 3.05) is 53.7 Å². The van der Waals surface area contributed by atoms with Crippen molar-refractivity contribution in [1.29, 1.82) is 0 Å². The molecule has 7 nitrogen and oxygen atoms in total. The van der Waals surface area contributed by atoms with E-state index in [2.05, 4.69) is 10.6 Å². The lowest BCUT2D eigenvalue weighted by Gasteiger charge is -2.16. The van der Waals surface area contributed by atoms with Gasteiger partial charge in [0.25, 0.3) is 0 Å². The average Bonchev–Trinajstić information content (AvgIpc) is 2.42. The maximum atomic E-state index is 11.3. The van der Waals surface area contributed by atoms with E-state index < -0.39 is 6.10 Å². The van der Waals surface area contributed by atoms with Crippen LogP contribution in [0.15, 0.2) is 0 Å². The molecule has 0 aromatic carbocycles. The third kappa shape index (κ3) is 12.3. The van der Waals surface area contributed by atoms with Crippen LogP contribution in [0.2, 0.25) is 0 Å². The lowest BCUT2D eigenvalue weighted by molar-refractivity contribution is -0.121. The summed E-state index contributed by atoms with van der Waals surface area (Å²) in [5.41, 5.74) is 0. The second-order valence-electron chi connectivity index (χ2n) is 4.55. The highest BCUT2D eigenvalue weighted by Gasteiger charge is 2.08. The highest BCUT2D eigenvalue weighted by Crippen LogP contribution is 1.93. The molecule has 3 N–H and O–H groups in total. The first-order valence-electron chi connectivity index (χ1n) is 6.85. The number of aliphatic hydroxyl groups is 1. The van der Waals surface area contributed by atoms with Gasteiger partial charge in [0.1, 0.15) is 0 Å². The Bertz CT molecular complexity index is 241. The minimum Gasteiger partial charge on any atom is -0.389 e. The minimum absolute atomic E-state index is 0.0333. The van der Waals surface area contributed by atoms with Crippen molar-refractivity contribution < 1.29 is 24.1 Å². The number of aliphatic hydroxyl groups excluding tert-OH is 1. The first-order chi connectivity index (χ1) is 9.60. The first-order valence-corrected chi connectivity index (χ1v) is 6.85. The van der Waals surface area contributed by atoms with Crippen molar-refractivity contribution >= 4 is 5.91 Å². The van der Waals surface area contributed by atoms with Gasteiger partial charge in [0.15, 0.2) is 0 Å². The van der Waals surface area contributed by atoms with Gasteiger partial charge >= 0.3 is 0 Å². The summed E-state index contributed by atoms with van der Waals surface area (Å²) in [7, 11) is 3.19. The second kappa shape index (κ2) is 13.3. The van der Waals surface area contributed by atoms with Gasteiger partial charge in [-0.2, -0.15) is 0 Å². The predicted molar refractivity (Wildman–Crippen MR) is 75.7 cm³/mol. The summed E-state index contributed by atoms with van der Waals surface area (Å²) in [6.07, 6.45) is -0.260. The largest absolute Gasteiger partial charge is 0.389 e. The number of nitrogens with one attached hydrogen (secondary N) is 2. The molecule has 0 spiro atoms. The van der Waals surface area contributed by atoms with Crippen molar-refractivity contribution in [3.05, 3.63) is 0 Å². The lowest BCUT2D eigenvalue weighted by atomic mass is 10.3. The van der Waals surface area contributed by atoms with Crippen LogP contribution >= 0.6 is 0 Å². The van der Waals surface area contributed by atoms with Crippen LogP contribution in [0.3, 0.4) is 0 Å². The van der Waals surface area contributed by atoms with Crippen molar-refractivity contribution in [2.45, 2.75) is 25.6 Å². The van der Waals surface area contributed by atoms with Crippen molar-refractivity contribution in [3.8, 4) is 0 Å². The fourth-order valence-corrected chi connectivity index (χ4v) is 1.47. The topological polar surface area (TPSA) is 89.1 Å². The van der Waals surface area contributed by atoms with E-state index in [-0.39, 0.29) is 18.6 Å². The Morgan fingerprint density at radius 2 is 1.95 bits per heavy atom. The van der Waals surface area contributed by atoms with E-state index in [1.165, 1.54) is 0 Å². The number of methoxy groups -OCH3 is 2. The van der Waals surface area contributed by atoms with Gasteiger partial charge in [-0.15, -0.1) is 0 Å². The van der Waals surface area contributed by atoms with E-state index in [0.29, 0.717) is 39.3 Å². The molecule has 7 heteroatoms. The number of carbonyl (C=O) groups excluding carboxylic acids is 1. The standard InChI is InChI=1S/C13H28N2O5/c1-11(9-19-3)20-10-12(16)8-14-5-4-13(17)15-6-7-18-2/h11-12,14,16H,4-10H2,1-3H3,(H,15,17). The van der Waals surface area contributed by atoms with Crippen LogP contribution in [0.25, 0.3) is 0 Å². The summed E-state index contributed by atoms with van der Waals surface area (Å²) < 4.78 is 15.1. The molecular formula is C13H28N2O5. The first kappa shape index (κ1) is 19.3. The smallest absolute Gasteiger partial charge is 0.221 e. The van der Waals surface area contributed by atoms with Crippen molar-refractivity contribution in [1.82, 2.24) is 10.6 Å². The van der Waals surface area contributed by atoms with Gasteiger partial charge in [0.05, 0.1) is 32.0 Å². The molecule has 0 saturated carbocycles. The molecule has 0 radical (unpaired) electrons. The number of hydrogen-bond acceptors (Lipinski definition) is 6. The number of rotatable bonds is 13. The van der Waals surface area contributed by atoms with Crippen LogP contribution in [0.5, 0.6) is 0 Å². The molecule has 0 bridgehead atoms.